The Kier molecular flexibility index (Phi) is 4.88. The molecule has 4 nitrogen and oxygen atoms in total. The molecule has 0 saturated carbocycles. The van der Waals surface area contributed by atoms with E-state index in [0.29, 0.717) is 18.1 Å². The first-order valence-electron chi connectivity index (χ1n) is 9.38. The molecular weight excluding hydrogens is 298 g/mol. The van der Waals surface area contributed by atoms with Crippen molar-refractivity contribution in [1.29, 1.82) is 0 Å². The molecule has 1 aromatic heterocycles. The molecule has 0 aliphatic carbocycles. The number of methoxy groups -OCH3 is 1. The number of nitrogens with zero attached hydrogens (tertiary/aromatic N) is 1. The number of hydrogen-bond acceptors (Lipinski definition) is 3. The Hall–Kier alpha value is -1.36. The van der Waals surface area contributed by atoms with Crippen LogP contribution in [0, 0.1) is 0 Å². The molecule has 2 saturated heterocycles. The van der Waals surface area contributed by atoms with Gasteiger partial charge >= 0.3 is 0 Å². The smallest absolute Gasteiger partial charge is 0.0710 e. The number of aromatic nitrogens is 1. The zero-order valence-corrected chi connectivity index (χ0v) is 14.6. The maximum absolute atomic E-state index is 5.44. The molecule has 2 atom stereocenters. The normalized spacial score (nSPS) is 26.4. The lowest BCUT2D eigenvalue weighted by molar-refractivity contribution is 0.116. The summed E-state index contributed by atoms with van der Waals surface area (Å²) < 4.78 is 5.44. The van der Waals surface area contributed by atoms with Gasteiger partial charge in [0.15, 0.2) is 0 Å². The quantitative estimate of drug-likeness (QED) is 0.886. The van der Waals surface area contributed by atoms with Gasteiger partial charge in [-0.1, -0.05) is 18.2 Å². The van der Waals surface area contributed by atoms with Crippen molar-refractivity contribution < 1.29 is 4.74 Å². The number of H-pyrrole nitrogens is 1. The minimum Gasteiger partial charge on any atom is -0.380 e. The van der Waals surface area contributed by atoms with Crippen LogP contribution in [0.4, 0.5) is 0 Å². The number of ether oxygens (including phenoxy) is 1. The number of rotatable bonds is 5. The maximum Gasteiger partial charge on any atom is 0.0710 e. The van der Waals surface area contributed by atoms with Crippen LogP contribution in [0.2, 0.25) is 0 Å². The summed E-state index contributed by atoms with van der Waals surface area (Å²) in [4.78, 5) is 6.08. The standard InChI is InChI=1S/C20H29N3O/c1-24-17-12-16(21-13-17)8-11-23-9-6-15(7-10-23)19-14-22-20-5-3-2-4-18(19)20/h2-5,14-17,21-22H,6-13H2,1H3/t16-,17-/m1/s1. The second-order valence-electron chi connectivity index (χ2n) is 7.39. The molecule has 2 aromatic rings. The van der Waals surface area contributed by atoms with Gasteiger partial charge in [0.2, 0.25) is 0 Å². The fourth-order valence-electron chi connectivity index (χ4n) is 4.42. The van der Waals surface area contributed by atoms with Crippen LogP contribution in [0.3, 0.4) is 0 Å². The van der Waals surface area contributed by atoms with E-state index in [1.807, 2.05) is 7.11 Å². The van der Waals surface area contributed by atoms with E-state index in [2.05, 4.69) is 45.7 Å². The molecule has 2 fully saturated rings. The molecule has 0 bridgehead atoms. The average Bonchev–Trinajstić information content (AvgIpc) is 3.27. The number of fused-ring (bicyclic) bond motifs is 1. The van der Waals surface area contributed by atoms with Gasteiger partial charge in [-0.25, -0.2) is 0 Å². The highest BCUT2D eigenvalue weighted by Crippen LogP contribution is 2.33. The molecule has 3 heterocycles. The van der Waals surface area contributed by atoms with Crippen molar-refractivity contribution >= 4 is 10.9 Å². The average molecular weight is 327 g/mol. The molecular formula is C20H29N3O. The summed E-state index contributed by atoms with van der Waals surface area (Å²) in [6, 6.07) is 9.33. The van der Waals surface area contributed by atoms with Gasteiger partial charge in [-0.3, -0.25) is 0 Å². The third-order valence-corrected chi connectivity index (χ3v) is 5.96. The van der Waals surface area contributed by atoms with E-state index in [9.17, 15) is 0 Å². The van der Waals surface area contributed by atoms with Crippen LogP contribution in [0.15, 0.2) is 30.5 Å². The summed E-state index contributed by atoms with van der Waals surface area (Å²) in [5.74, 6) is 0.708. The van der Waals surface area contributed by atoms with Crippen LogP contribution in [0.25, 0.3) is 10.9 Å². The van der Waals surface area contributed by atoms with Gasteiger partial charge in [-0.2, -0.15) is 0 Å². The molecule has 2 aliphatic heterocycles. The Morgan fingerprint density at radius 2 is 2.04 bits per heavy atom. The highest BCUT2D eigenvalue weighted by Gasteiger charge is 2.26. The fourth-order valence-corrected chi connectivity index (χ4v) is 4.42. The third-order valence-electron chi connectivity index (χ3n) is 5.96. The van der Waals surface area contributed by atoms with E-state index in [0.717, 1.165) is 6.54 Å². The molecule has 1 aromatic carbocycles. The van der Waals surface area contributed by atoms with E-state index >= 15 is 0 Å². The topological polar surface area (TPSA) is 40.3 Å². The fraction of sp³-hybridized carbons (Fsp3) is 0.600. The molecule has 130 valence electrons. The van der Waals surface area contributed by atoms with E-state index in [1.165, 1.54) is 61.8 Å². The number of piperidine rings is 1. The first-order valence-corrected chi connectivity index (χ1v) is 9.38. The van der Waals surface area contributed by atoms with Crippen molar-refractivity contribution in [2.24, 2.45) is 0 Å². The molecule has 0 radical (unpaired) electrons. The Morgan fingerprint density at radius 1 is 1.21 bits per heavy atom. The number of benzene rings is 1. The SMILES string of the molecule is CO[C@H]1CN[C@H](CCN2CCC(c3c[nH]c4ccccc34)CC2)C1. The van der Waals surface area contributed by atoms with Crippen molar-refractivity contribution in [3.05, 3.63) is 36.0 Å². The second kappa shape index (κ2) is 7.26. The Morgan fingerprint density at radius 3 is 2.83 bits per heavy atom. The van der Waals surface area contributed by atoms with E-state index in [-0.39, 0.29) is 0 Å². The summed E-state index contributed by atoms with van der Waals surface area (Å²) in [5.41, 5.74) is 2.79. The van der Waals surface area contributed by atoms with Crippen LogP contribution < -0.4 is 5.32 Å². The summed E-state index contributed by atoms with van der Waals surface area (Å²) >= 11 is 0. The number of para-hydroxylation sites is 1. The Labute approximate surface area is 144 Å². The van der Waals surface area contributed by atoms with Crippen molar-refractivity contribution in [3.63, 3.8) is 0 Å². The number of aromatic amines is 1. The lowest BCUT2D eigenvalue weighted by atomic mass is 9.89. The molecule has 4 rings (SSSR count). The summed E-state index contributed by atoms with van der Waals surface area (Å²) in [7, 11) is 1.82. The van der Waals surface area contributed by atoms with E-state index in [1.54, 1.807) is 0 Å². The highest BCUT2D eigenvalue weighted by atomic mass is 16.5. The molecule has 24 heavy (non-hydrogen) atoms. The van der Waals surface area contributed by atoms with Gasteiger partial charge in [-0.15, -0.1) is 0 Å². The van der Waals surface area contributed by atoms with Crippen LogP contribution >= 0.6 is 0 Å². The number of hydrogen-bond donors (Lipinski definition) is 2. The molecule has 0 unspecified atom stereocenters. The predicted octanol–water partition coefficient (Wildman–Crippen LogP) is 3.11. The lowest BCUT2D eigenvalue weighted by Crippen LogP contribution is -2.36. The zero-order chi connectivity index (χ0) is 16.4. The predicted molar refractivity (Wildman–Crippen MR) is 98.5 cm³/mol. The Balaban J connectivity index is 1.28. The van der Waals surface area contributed by atoms with Gasteiger partial charge in [-0.05, 0) is 62.9 Å². The van der Waals surface area contributed by atoms with Crippen LogP contribution in [-0.4, -0.2) is 55.3 Å². The first-order chi connectivity index (χ1) is 11.8. The maximum atomic E-state index is 5.44. The van der Waals surface area contributed by atoms with E-state index < -0.39 is 0 Å². The summed E-state index contributed by atoms with van der Waals surface area (Å²) in [6.45, 7) is 4.69. The van der Waals surface area contributed by atoms with Crippen LogP contribution in [-0.2, 0) is 4.74 Å². The molecule has 0 amide bonds. The van der Waals surface area contributed by atoms with Crippen molar-refractivity contribution in [2.75, 3.05) is 33.3 Å². The van der Waals surface area contributed by atoms with Crippen LogP contribution in [0.5, 0.6) is 0 Å². The van der Waals surface area contributed by atoms with Gasteiger partial charge in [0, 0.05) is 36.8 Å². The first kappa shape index (κ1) is 16.1. The molecule has 4 heteroatoms. The van der Waals surface area contributed by atoms with Crippen LogP contribution in [0.1, 0.15) is 37.2 Å². The minimum absolute atomic E-state index is 0.419. The van der Waals surface area contributed by atoms with Crippen molar-refractivity contribution in [2.45, 2.75) is 43.7 Å². The van der Waals surface area contributed by atoms with Crippen molar-refractivity contribution in [3.8, 4) is 0 Å². The Bertz CT molecular complexity index is 660. The zero-order valence-electron chi connectivity index (χ0n) is 14.6. The lowest BCUT2D eigenvalue weighted by Gasteiger charge is -2.32. The second-order valence-corrected chi connectivity index (χ2v) is 7.39. The number of likely N-dealkylation sites (tertiary alicyclic amines) is 1. The van der Waals surface area contributed by atoms with Gasteiger partial charge in [0.1, 0.15) is 0 Å². The van der Waals surface area contributed by atoms with E-state index in [4.69, 9.17) is 4.74 Å². The monoisotopic (exact) mass is 327 g/mol. The minimum atomic E-state index is 0.419. The summed E-state index contributed by atoms with van der Waals surface area (Å²) in [6.07, 6.45) is 7.63. The largest absolute Gasteiger partial charge is 0.380 e. The number of nitrogens with one attached hydrogen (secondary N) is 2. The molecule has 2 N–H and O–H groups in total. The third kappa shape index (κ3) is 3.37. The molecule has 0 spiro atoms. The molecule has 2 aliphatic rings. The highest BCUT2D eigenvalue weighted by molar-refractivity contribution is 5.83. The van der Waals surface area contributed by atoms with Gasteiger partial charge in [0.05, 0.1) is 6.10 Å². The van der Waals surface area contributed by atoms with Gasteiger partial charge < -0.3 is 19.9 Å². The van der Waals surface area contributed by atoms with Gasteiger partial charge in [0.25, 0.3) is 0 Å². The van der Waals surface area contributed by atoms with Crippen molar-refractivity contribution in [1.82, 2.24) is 15.2 Å². The summed E-state index contributed by atoms with van der Waals surface area (Å²) in [5, 5.41) is 5.01.